The number of amides is 1. The summed E-state index contributed by atoms with van der Waals surface area (Å²) in [6, 6.07) is 0.941. The lowest BCUT2D eigenvalue weighted by molar-refractivity contribution is -0.131. The van der Waals surface area contributed by atoms with Gasteiger partial charge in [0.05, 0.1) is 0 Å². The van der Waals surface area contributed by atoms with Crippen molar-refractivity contribution in [1.82, 2.24) is 10.2 Å². The van der Waals surface area contributed by atoms with Gasteiger partial charge in [0, 0.05) is 36.8 Å². The highest BCUT2D eigenvalue weighted by atomic mass is 32.2. The molecule has 1 aliphatic heterocycles. The molecule has 1 heterocycles. The number of hydrogen-bond donors (Lipinski definition) is 1. The molecule has 1 saturated carbocycles. The van der Waals surface area contributed by atoms with Gasteiger partial charge < -0.3 is 10.2 Å². The van der Waals surface area contributed by atoms with Gasteiger partial charge in [-0.3, -0.25) is 4.79 Å². The molecule has 1 amide bonds. The van der Waals surface area contributed by atoms with E-state index in [-0.39, 0.29) is 0 Å². The van der Waals surface area contributed by atoms with Crippen LogP contribution in [0.15, 0.2) is 0 Å². The zero-order valence-electron chi connectivity index (χ0n) is 13.1. The highest BCUT2D eigenvalue weighted by molar-refractivity contribution is 7.99. The molecule has 0 spiro atoms. The van der Waals surface area contributed by atoms with E-state index >= 15 is 0 Å². The van der Waals surface area contributed by atoms with E-state index < -0.39 is 0 Å². The third-order valence-electron chi connectivity index (χ3n) is 4.68. The summed E-state index contributed by atoms with van der Waals surface area (Å²) in [7, 11) is 0. The Morgan fingerprint density at radius 1 is 1.25 bits per heavy atom. The van der Waals surface area contributed by atoms with Crippen LogP contribution in [0, 0.1) is 0 Å². The molecule has 0 radical (unpaired) electrons. The lowest BCUT2D eigenvalue weighted by atomic mass is 10.1. The number of hydrogen-bond acceptors (Lipinski definition) is 3. The van der Waals surface area contributed by atoms with Crippen LogP contribution in [0.5, 0.6) is 0 Å². The van der Waals surface area contributed by atoms with Gasteiger partial charge in [-0.05, 0) is 45.3 Å². The van der Waals surface area contributed by atoms with E-state index in [2.05, 4.69) is 23.4 Å². The summed E-state index contributed by atoms with van der Waals surface area (Å²) in [5, 5.41) is 4.49. The molecule has 3 atom stereocenters. The van der Waals surface area contributed by atoms with Gasteiger partial charge in [0.2, 0.25) is 5.91 Å². The Labute approximate surface area is 128 Å². The lowest BCUT2D eigenvalue weighted by Gasteiger charge is -2.24. The third-order valence-corrected chi connectivity index (χ3v) is 5.77. The normalized spacial score (nSPS) is 29.2. The van der Waals surface area contributed by atoms with E-state index in [1.165, 1.54) is 44.9 Å². The second kappa shape index (κ2) is 8.28. The quantitative estimate of drug-likeness (QED) is 0.847. The highest BCUT2D eigenvalue weighted by Gasteiger charge is 2.26. The monoisotopic (exact) mass is 298 g/mol. The summed E-state index contributed by atoms with van der Waals surface area (Å²) in [4.78, 5) is 14.4. The molecule has 0 aromatic carbocycles. The highest BCUT2D eigenvalue weighted by Crippen LogP contribution is 2.28. The molecule has 20 heavy (non-hydrogen) atoms. The third kappa shape index (κ3) is 4.96. The van der Waals surface area contributed by atoms with Crippen LogP contribution in [-0.4, -0.2) is 47.5 Å². The first-order valence-electron chi connectivity index (χ1n) is 8.25. The summed E-state index contributed by atoms with van der Waals surface area (Å²) in [5.41, 5.74) is 0. The predicted octanol–water partition coefficient (Wildman–Crippen LogP) is 3.04. The molecular weight excluding hydrogens is 268 g/mol. The molecule has 0 unspecified atom stereocenters. The maximum atomic E-state index is 12.3. The summed E-state index contributed by atoms with van der Waals surface area (Å²) in [6.45, 7) is 4.12. The Kier molecular flexibility index (Phi) is 6.69. The second-order valence-corrected chi connectivity index (χ2v) is 7.57. The molecule has 116 valence electrons. The first-order valence-corrected chi connectivity index (χ1v) is 9.54. The van der Waals surface area contributed by atoms with E-state index in [0.29, 0.717) is 24.4 Å². The summed E-state index contributed by atoms with van der Waals surface area (Å²) >= 11 is 1.99. The fourth-order valence-electron chi connectivity index (χ4n) is 3.48. The van der Waals surface area contributed by atoms with Crippen LogP contribution in [0.4, 0.5) is 0 Å². The van der Waals surface area contributed by atoms with Crippen molar-refractivity contribution in [2.45, 2.75) is 75.6 Å². The Balaban J connectivity index is 1.70. The minimum absolute atomic E-state index is 0.316. The number of nitrogens with one attached hydrogen (secondary N) is 1. The van der Waals surface area contributed by atoms with Gasteiger partial charge in [-0.1, -0.05) is 12.8 Å². The molecular formula is C16H30N2OS. The molecule has 0 aromatic rings. The number of nitrogens with zero attached hydrogens (tertiary/aromatic N) is 1. The topological polar surface area (TPSA) is 32.3 Å². The van der Waals surface area contributed by atoms with Crippen LogP contribution in [0.25, 0.3) is 0 Å². The SMILES string of the molecule is CS[C@@H]1CC[C@H](N[C@@H](C)CC(=O)N2CCCCCC2)C1. The lowest BCUT2D eigenvalue weighted by Crippen LogP contribution is -2.40. The average molecular weight is 298 g/mol. The van der Waals surface area contributed by atoms with Crippen molar-refractivity contribution >= 4 is 17.7 Å². The van der Waals surface area contributed by atoms with Crippen molar-refractivity contribution in [1.29, 1.82) is 0 Å². The maximum Gasteiger partial charge on any atom is 0.224 e. The van der Waals surface area contributed by atoms with Crippen molar-refractivity contribution in [3.8, 4) is 0 Å². The molecule has 4 heteroatoms. The number of carbonyl (C=O) groups is 1. The first-order chi connectivity index (χ1) is 9.69. The summed E-state index contributed by atoms with van der Waals surface area (Å²) in [5.74, 6) is 0.353. The van der Waals surface area contributed by atoms with Crippen LogP contribution < -0.4 is 5.32 Å². The second-order valence-electron chi connectivity index (χ2n) is 6.43. The molecule has 1 saturated heterocycles. The molecule has 0 bridgehead atoms. The van der Waals surface area contributed by atoms with Gasteiger partial charge in [-0.25, -0.2) is 0 Å². The van der Waals surface area contributed by atoms with E-state index in [4.69, 9.17) is 0 Å². The smallest absolute Gasteiger partial charge is 0.224 e. The Morgan fingerprint density at radius 2 is 1.95 bits per heavy atom. The minimum Gasteiger partial charge on any atom is -0.343 e. The van der Waals surface area contributed by atoms with Gasteiger partial charge in [-0.15, -0.1) is 0 Å². The van der Waals surface area contributed by atoms with Crippen molar-refractivity contribution < 1.29 is 4.79 Å². The molecule has 2 aliphatic rings. The average Bonchev–Trinajstić information content (AvgIpc) is 2.71. The maximum absolute atomic E-state index is 12.3. The number of rotatable bonds is 5. The largest absolute Gasteiger partial charge is 0.343 e. The fraction of sp³-hybridized carbons (Fsp3) is 0.938. The predicted molar refractivity (Wildman–Crippen MR) is 87.2 cm³/mol. The molecule has 3 nitrogen and oxygen atoms in total. The van der Waals surface area contributed by atoms with Gasteiger partial charge in [0.1, 0.15) is 0 Å². The van der Waals surface area contributed by atoms with Crippen molar-refractivity contribution in [3.63, 3.8) is 0 Å². The molecule has 2 rings (SSSR count). The van der Waals surface area contributed by atoms with Gasteiger partial charge in [0.15, 0.2) is 0 Å². The molecule has 2 fully saturated rings. The summed E-state index contributed by atoms with van der Waals surface area (Å²) < 4.78 is 0. The van der Waals surface area contributed by atoms with Crippen molar-refractivity contribution in [2.75, 3.05) is 19.3 Å². The first kappa shape index (κ1) is 16.2. The number of thioether (sulfide) groups is 1. The number of carbonyl (C=O) groups excluding carboxylic acids is 1. The molecule has 1 aliphatic carbocycles. The van der Waals surface area contributed by atoms with Gasteiger partial charge in [0.25, 0.3) is 0 Å². The number of likely N-dealkylation sites (tertiary alicyclic amines) is 1. The van der Waals surface area contributed by atoms with E-state index in [9.17, 15) is 4.79 Å². The standard InChI is InChI=1S/C16H30N2OS/c1-13(17-14-7-8-15(12-14)20-2)11-16(19)18-9-5-3-4-6-10-18/h13-15,17H,3-12H2,1-2H3/t13-,14-,15+/m0/s1. The van der Waals surface area contributed by atoms with E-state index in [1.54, 1.807) is 0 Å². The van der Waals surface area contributed by atoms with Crippen LogP contribution in [-0.2, 0) is 4.79 Å². The van der Waals surface area contributed by atoms with Gasteiger partial charge in [-0.2, -0.15) is 11.8 Å². The molecule has 1 N–H and O–H groups in total. The van der Waals surface area contributed by atoms with Crippen LogP contribution >= 0.6 is 11.8 Å². The van der Waals surface area contributed by atoms with Crippen LogP contribution in [0.3, 0.4) is 0 Å². The van der Waals surface area contributed by atoms with Gasteiger partial charge >= 0.3 is 0 Å². The zero-order chi connectivity index (χ0) is 14.4. The van der Waals surface area contributed by atoms with Crippen LogP contribution in [0.1, 0.15) is 58.3 Å². The minimum atomic E-state index is 0.316. The van der Waals surface area contributed by atoms with Crippen LogP contribution in [0.2, 0.25) is 0 Å². The zero-order valence-corrected chi connectivity index (χ0v) is 13.9. The fourth-order valence-corrected chi connectivity index (χ4v) is 4.27. The van der Waals surface area contributed by atoms with E-state index in [0.717, 1.165) is 18.3 Å². The van der Waals surface area contributed by atoms with Crippen molar-refractivity contribution in [3.05, 3.63) is 0 Å². The molecule has 0 aromatic heterocycles. The Bertz CT molecular complexity index is 303. The summed E-state index contributed by atoms with van der Waals surface area (Å²) in [6.07, 6.45) is 11.7. The Hall–Kier alpha value is -0.220. The van der Waals surface area contributed by atoms with E-state index in [1.807, 2.05) is 11.8 Å². The van der Waals surface area contributed by atoms with Crippen molar-refractivity contribution in [2.24, 2.45) is 0 Å². The Morgan fingerprint density at radius 3 is 2.55 bits per heavy atom.